The van der Waals surface area contributed by atoms with E-state index in [0.717, 1.165) is 11.8 Å². The predicted molar refractivity (Wildman–Crippen MR) is 77.9 cm³/mol. The molecule has 0 spiro atoms. The first kappa shape index (κ1) is 16.8. The summed E-state index contributed by atoms with van der Waals surface area (Å²) < 4.78 is 10.4. The van der Waals surface area contributed by atoms with E-state index in [0.29, 0.717) is 37.3 Å². The topological polar surface area (TPSA) is 76.1 Å². The first-order valence-electron chi connectivity index (χ1n) is 6.74. The Labute approximate surface area is 124 Å². The molecule has 1 rings (SSSR count). The molecule has 21 heavy (non-hydrogen) atoms. The summed E-state index contributed by atoms with van der Waals surface area (Å²) >= 11 is 0. The molecule has 0 saturated carbocycles. The highest BCUT2D eigenvalue weighted by Crippen LogP contribution is 2.25. The molecule has 0 aromatic heterocycles. The zero-order valence-electron chi connectivity index (χ0n) is 12.4. The Morgan fingerprint density at radius 2 is 2.05 bits per heavy atom. The molecule has 1 aromatic rings. The molecule has 116 valence electrons. The first-order valence-corrected chi connectivity index (χ1v) is 6.74. The number of carboxylic acid groups (broad SMARTS) is 1. The molecule has 6 heteroatoms. The monoisotopic (exact) mass is 295 g/mol. The van der Waals surface area contributed by atoms with Crippen LogP contribution in [0.4, 0.5) is 4.79 Å². The van der Waals surface area contributed by atoms with Gasteiger partial charge in [0, 0.05) is 24.6 Å². The van der Waals surface area contributed by atoms with Crippen molar-refractivity contribution in [3.63, 3.8) is 0 Å². The van der Waals surface area contributed by atoms with Gasteiger partial charge >= 0.3 is 6.09 Å². The summed E-state index contributed by atoms with van der Waals surface area (Å²) in [7, 11) is 3.10. The fourth-order valence-electron chi connectivity index (χ4n) is 1.96. The van der Waals surface area contributed by atoms with Crippen LogP contribution in [-0.4, -0.2) is 43.2 Å². The Bertz CT molecular complexity index is 475. The second-order valence-electron chi connectivity index (χ2n) is 4.54. The minimum atomic E-state index is -0.987. The van der Waals surface area contributed by atoms with Gasteiger partial charge in [-0.1, -0.05) is 0 Å². The van der Waals surface area contributed by atoms with E-state index in [2.05, 4.69) is 0 Å². The molecule has 0 heterocycles. The second-order valence-corrected chi connectivity index (χ2v) is 4.54. The summed E-state index contributed by atoms with van der Waals surface area (Å²) in [6.45, 7) is 0.627. The highest BCUT2D eigenvalue weighted by molar-refractivity contribution is 5.65. The maximum absolute atomic E-state index is 11.3. The minimum absolute atomic E-state index is 0.240. The van der Waals surface area contributed by atoms with E-state index in [1.165, 1.54) is 12.0 Å². The van der Waals surface area contributed by atoms with Crippen LogP contribution in [-0.2, 0) is 11.3 Å². The van der Waals surface area contributed by atoms with Gasteiger partial charge in [0.25, 0.3) is 0 Å². The van der Waals surface area contributed by atoms with Gasteiger partial charge in [-0.2, -0.15) is 0 Å². The summed E-state index contributed by atoms with van der Waals surface area (Å²) in [5.41, 5.74) is 0.774. The van der Waals surface area contributed by atoms with E-state index < -0.39 is 6.09 Å². The Morgan fingerprint density at radius 1 is 1.29 bits per heavy atom. The smallest absolute Gasteiger partial charge is 0.407 e. The molecule has 0 aliphatic rings. The van der Waals surface area contributed by atoms with E-state index in [1.807, 2.05) is 0 Å². The summed E-state index contributed by atoms with van der Waals surface area (Å²) in [5, 5.41) is 9.25. The number of ether oxygens (including phenoxy) is 2. The van der Waals surface area contributed by atoms with Gasteiger partial charge in [0.05, 0.1) is 20.8 Å². The van der Waals surface area contributed by atoms with Crippen molar-refractivity contribution >= 4 is 12.4 Å². The summed E-state index contributed by atoms with van der Waals surface area (Å²) in [4.78, 5) is 22.9. The van der Waals surface area contributed by atoms with Gasteiger partial charge in [0.1, 0.15) is 17.8 Å². The van der Waals surface area contributed by atoms with Crippen LogP contribution >= 0.6 is 0 Å². The molecule has 0 radical (unpaired) electrons. The van der Waals surface area contributed by atoms with Crippen LogP contribution in [0.1, 0.15) is 24.8 Å². The van der Waals surface area contributed by atoms with Crippen LogP contribution in [0.5, 0.6) is 11.5 Å². The number of methoxy groups -OCH3 is 2. The van der Waals surface area contributed by atoms with Crippen molar-refractivity contribution in [1.82, 2.24) is 4.90 Å². The summed E-state index contributed by atoms with van der Waals surface area (Å²) in [5.74, 6) is 1.25. The van der Waals surface area contributed by atoms with E-state index >= 15 is 0 Å². The number of carbonyl (C=O) groups excluding carboxylic acids is 1. The Kier molecular flexibility index (Phi) is 7.08. The average molecular weight is 295 g/mol. The van der Waals surface area contributed by atoms with E-state index in [9.17, 15) is 14.7 Å². The maximum atomic E-state index is 11.3. The number of hydrogen-bond acceptors (Lipinski definition) is 4. The highest BCUT2D eigenvalue weighted by Gasteiger charge is 2.15. The third-order valence-corrected chi connectivity index (χ3v) is 3.13. The fraction of sp³-hybridized carbons (Fsp3) is 0.467. The van der Waals surface area contributed by atoms with Gasteiger partial charge in [-0.15, -0.1) is 0 Å². The molecule has 0 atom stereocenters. The predicted octanol–water partition coefficient (Wildman–Crippen LogP) is 2.55. The van der Waals surface area contributed by atoms with Gasteiger partial charge < -0.3 is 24.3 Å². The minimum Gasteiger partial charge on any atom is -0.497 e. The van der Waals surface area contributed by atoms with Gasteiger partial charge in [-0.3, -0.25) is 0 Å². The first-order chi connectivity index (χ1) is 10.1. The number of hydrogen-bond donors (Lipinski definition) is 1. The SMILES string of the molecule is COc1ccc(CN(CCCCC=O)C(=O)O)c(OC)c1. The van der Waals surface area contributed by atoms with Crippen LogP contribution in [0, 0.1) is 0 Å². The Hall–Kier alpha value is -2.24. The molecule has 0 bridgehead atoms. The number of unbranched alkanes of at least 4 members (excludes halogenated alkanes) is 2. The van der Waals surface area contributed by atoms with Crippen LogP contribution < -0.4 is 9.47 Å². The van der Waals surface area contributed by atoms with E-state index in [4.69, 9.17) is 9.47 Å². The second kappa shape index (κ2) is 8.84. The molecule has 1 amide bonds. The van der Waals surface area contributed by atoms with Crippen molar-refractivity contribution in [3.05, 3.63) is 23.8 Å². The van der Waals surface area contributed by atoms with Gasteiger partial charge in [-0.05, 0) is 25.0 Å². The highest BCUT2D eigenvalue weighted by atomic mass is 16.5. The lowest BCUT2D eigenvalue weighted by Gasteiger charge is -2.20. The van der Waals surface area contributed by atoms with Gasteiger partial charge in [-0.25, -0.2) is 4.79 Å². The Morgan fingerprint density at radius 3 is 2.62 bits per heavy atom. The normalized spacial score (nSPS) is 10.0. The van der Waals surface area contributed by atoms with Crippen molar-refractivity contribution in [3.8, 4) is 11.5 Å². The number of benzene rings is 1. The molecular weight excluding hydrogens is 274 g/mol. The van der Waals surface area contributed by atoms with E-state index in [-0.39, 0.29) is 6.54 Å². The zero-order chi connectivity index (χ0) is 15.7. The van der Waals surface area contributed by atoms with Crippen molar-refractivity contribution in [2.45, 2.75) is 25.8 Å². The van der Waals surface area contributed by atoms with Gasteiger partial charge in [0.15, 0.2) is 0 Å². The van der Waals surface area contributed by atoms with Crippen LogP contribution in [0.3, 0.4) is 0 Å². The molecule has 1 aromatic carbocycles. The quantitative estimate of drug-likeness (QED) is 0.559. The summed E-state index contributed by atoms with van der Waals surface area (Å²) in [6, 6.07) is 5.28. The summed E-state index contributed by atoms with van der Waals surface area (Å²) in [6.07, 6.45) is 1.66. The average Bonchev–Trinajstić information content (AvgIpc) is 2.50. The van der Waals surface area contributed by atoms with Crippen molar-refractivity contribution in [2.24, 2.45) is 0 Å². The van der Waals surface area contributed by atoms with Crippen LogP contribution in [0.15, 0.2) is 18.2 Å². The largest absolute Gasteiger partial charge is 0.497 e. The number of amides is 1. The zero-order valence-corrected chi connectivity index (χ0v) is 12.4. The van der Waals surface area contributed by atoms with Crippen LogP contribution in [0.25, 0.3) is 0 Å². The van der Waals surface area contributed by atoms with Gasteiger partial charge in [0.2, 0.25) is 0 Å². The van der Waals surface area contributed by atoms with Crippen LogP contribution in [0.2, 0.25) is 0 Å². The van der Waals surface area contributed by atoms with Crippen molar-refractivity contribution in [1.29, 1.82) is 0 Å². The lowest BCUT2D eigenvalue weighted by atomic mass is 10.1. The Balaban J connectivity index is 2.74. The fourth-order valence-corrected chi connectivity index (χ4v) is 1.96. The molecule has 0 aliphatic carbocycles. The van der Waals surface area contributed by atoms with Crippen molar-refractivity contribution < 1.29 is 24.2 Å². The molecule has 1 N–H and O–H groups in total. The molecular formula is C15H21NO5. The molecule has 0 fully saturated rings. The lowest BCUT2D eigenvalue weighted by molar-refractivity contribution is -0.107. The standard InChI is InChI=1S/C15H21NO5/c1-20-13-7-6-12(14(10-13)21-2)11-16(15(18)19)8-4-3-5-9-17/h6-7,9-10H,3-5,8,11H2,1-2H3,(H,18,19). The molecule has 6 nitrogen and oxygen atoms in total. The van der Waals surface area contributed by atoms with Crippen molar-refractivity contribution in [2.75, 3.05) is 20.8 Å². The molecule has 0 unspecified atom stereocenters. The van der Waals surface area contributed by atoms with E-state index in [1.54, 1.807) is 25.3 Å². The maximum Gasteiger partial charge on any atom is 0.407 e. The third-order valence-electron chi connectivity index (χ3n) is 3.13. The molecule has 0 aliphatic heterocycles. The number of rotatable bonds is 9. The third kappa shape index (κ3) is 5.33. The lowest BCUT2D eigenvalue weighted by Crippen LogP contribution is -2.30. The molecule has 0 saturated heterocycles. The number of nitrogens with zero attached hydrogens (tertiary/aromatic N) is 1. The number of carbonyl (C=O) groups is 2. The number of aldehydes is 1.